The summed E-state index contributed by atoms with van der Waals surface area (Å²) in [6, 6.07) is 4.91. The lowest BCUT2D eigenvalue weighted by Gasteiger charge is -2.45. The van der Waals surface area contributed by atoms with Crippen molar-refractivity contribution in [2.45, 2.75) is 151 Å². The van der Waals surface area contributed by atoms with Gasteiger partial charge in [-0.3, -0.25) is 33.9 Å². The maximum atomic E-state index is 14.2. The van der Waals surface area contributed by atoms with Crippen molar-refractivity contribution in [2.24, 2.45) is 11.8 Å². The number of fused-ring (bicyclic) bond motifs is 1. The summed E-state index contributed by atoms with van der Waals surface area (Å²) in [4.78, 5) is 90.3. The molecule has 4 saturated heterocycles. The van der Waals surface area contributed by atoms with Gasteiger partial charge in [-0.25, -0.2) is 18.4 Å². The number of likely N-dealkylation sites (tertiary alicyclic amines) is 3. The second-order valence-corrected chi connectivity index (χ2v) is 24.4. The predicted octanol–water partition coefficient (Wildman–Crippen LogP) is 4.02. The number of alkyl halides is 3. The van der Waals surface area contributed by atoms with Crippen LogP contribution in [0.25, 0.3) is 10.9 Å². The van der Waals surface area contributed by atoms with E-state index in [9.17, 15) is 45.6 Å². The van der Waals surface area contributed by atoms with Crippen molar-refractivity contribution in [1.82, 2.24) is 54.4 Å². The van der Waals surface area contributed by atoms with Gasteiger partial charge in [0.2, 0.25) is 39.6 Å². The fourth-order valence-electron chi connectivity index (χ4n) is 12.8. The van der Waals surface area contributed by atoms with Gasteiger partial charge in [-0.1, -0.05) is 6.07 Å². The SMILES string of the molecule is CC(C)N(C)C1CCC(N2CC[C@H](Nc3ncnc4ccc(C(F)(F)F)cc34)C2=O)[C@H](NC(=O)[C@H]2CC[C@H](N3CCN(S(=O)(=O)C4CCN(C(=O)[C@H](C)NC(=O)[C@H]5CC(=O)N(C)C5c5cccnc5)CC4)CC3)CC2)C1. The number of anilines is 1. The van der Waals surface area contributed by atoms with Crippen LogP contribution in [0.15, 0.2) is 49.1 Å². The third-order valence-electron chi connectivity index (χ3n) is 17.5. The van der Waals surface area contributed by atoms with Crippen molar-refractivity contribution in [3.8, 4) is 0 Å². The zero-order valence-electron chi connectivity index (χ0n) is 44.1. The van der Waals surface area contributed by atoms with Crippen LogP contribution in [0.1, 0.15) is 109 Å². The lowest BCUT2D eigenvalue weighted by Crippen LogP contribution is -2.59. The lowest BCUT2D eigenvalue weighted by molar-refractivity contribution is -0.138. The van der Waals surface area contributed by atoms with Crippen LogP contribution in [0.4, 0.5) is 19.0 Å². The third-order valence-corrected chi connectivity index (χ3v) is 19.9. The first kappa shape index (κ1) is 55.2. The molecule has 76 heavy (non-hydrogen) atoms. The molecule has 5 amide bonds. The van der Waals surface area contributed by atoms with Crippen LogP contribution < -0.4 is 16.0 Å². The summed E-state index contributed by atoms with van der Waals surface area (Å²) in [6.07, 6.45) is 6.13. The summed E-state index contributed by atoms with van der Waals surface area (Å²) in [5.41, 5.74) is 0.236. The Balaban J connectivity index is 0.739. The number of carbonyl (C=O) groups is 5. The quantitative estimate of drug-likeness (QED) is 0.209. The smallest absolute Gasteiger partial charge is 0.358 e. The van der Waals surface area contributed by atoms with Crippen LogP contribution >= 0.6 is 0 Å². The number of benzene rings is 1. The second kappa shape index (κ2) is 22.8. The Morgan fingerprint density at radius 2 is 1.58 bits per heavy atom. The number of aromatic nitrogens is 3. The Labute approximate surface area is 443 Å². The number of hydrogen-bond donors (Lipinski definition) is 3. The maximum Gasteiger partial charge on any atom is 0.416 e. The second-order valence-electron chi connectivity index (χ2n) is 22.2. The summed E-state index contributed by atoms with van der Waals surface area (Å²) in [7, 11) is 0.101. The van der Waals surface area contributed by atoms with Gasteiger partial charge in [-0.15, -0.1) is 0 Å². The van der Waals surface area contributed by atoms with Gasteiger partial charge in [-0.2, -0.15) is 17.5 Å². The zero-order chi connectivity index (χ0) is 54.2. The van der Waals surface area contributed by atoms with Gasteiger partial charge in [0, 0.05) is 101 Å². The van der Waals surface area contributed by atoms with E-state index in [4.69, 9.17) is 0 Å². The Morgan fingerprint density at radius 1 is 0.855 bits per heavy atom. The Bertz CT molecular complexity index is 2720. The molecule has 414 valence electrons. The normalized spacial score (nSPS) is 28.1. The van der Waals surface area contributed by atoms with Gasteiger partial charge >= 0.3 is 6.18 Å². The first-order chi connectivity index (χ1) is 36.2. The molecular formula is C53H73F3N12O7S. The molecule has 3 unspecified atom stereocenters. The van der Waals surface area contributed by atoms with Crippen LogP contribution in [0.5, 0.6) is 0 Å². The van der Waals surface area contributed by atoms with E-state index in [1.807, 2.05) is 11.0 Å². The van der Waals surface area contributed by atoms with Gasteiger partial charge in [0.1, 0.15) is 24.2 Å². The number of piperidine rings is 1. The van der Waals surface area contributed by atoms with E-state index in [-0.39, 0.29) is 103 Å². The summed E-state index contributed by atoms with van der Waals surface area (Å²) >= 11 is 0. The molecule has 0 radical (unpaired) electrons. The van der Waals surface area contributed by atoms with Crippen LogP contribution in [0.2, 0.25) is 0 Å². The zero-order valence-corrected chi connectivity index (χ0v) is 44.9. The molecule has 1 aromatic carbocycles. The predicted molar refractivity (Wildman–Crippen MR) is 277 cm³/mol. The van der Waals surface area contributed by atoms with E-state index < -0.39 is 57.0 Å². The highest BCUT2D eigenvalue weighted by molar-refractivity contribution is 7.89. The van der Waals surface area contributed by atoms with E-state index in [2.05, 4.69) is 61.6 Å². The average molecular weight is 1080 g/mol. The molecular weight excluding hydrogens is 1010 g/mol. The Hall–Kier alpha value is -5.52. The van der Waals surface area contributed by atoms with Gasteiger partial charge in [0.25, 0.3) is 0 Å². The van der Waals surface area contributed by atoms with Crippen molar-refractivity contribution < 1.29 is 45.6 Å². The summed E-state index contributed by atoms with van der Waals surface area (Å²) in [5, 5.41) is 8.93. The molecule has 6 aliphatic rings. The number of sulfonamides is 1. The van der Waals surface area contributed by atoms with Crippen molar-refractivity contribution in [1.29, 1.82) is 0 Å². The fraction of sp³-hybridized carbons (Fsp3) is 0.660. The van der Waals surface area contributed by atoms with Crippen LogP contribution in [0, 0.1) is 11.8 Å². The average Bonchev–Trinajstić information content (AvgIpc) is 3.95. The molecule has 0 bridgehead atoms. The number of nitrogens with zero attached hydrogens (tertiary/aromatic N) is 9. The van der Waals surface area contributed by atoms with Gasteiger partial charge in [0.15, 0.2) is 0 Å². The van der Waals surface area contributed by atoms with Crippen LogP contribution in [-0.2, 0) is 40.2 Å². The molecule has 4 aliphatic heterocycles. The van der Waals surface area contributed by atoms with E-state index >= 15 is 0 Å². The molecule has 23 heteroatoms. The molecule has 2 aliphatic carbocycles. The fourth-order valence-corrected chi connectivity index (χ4v) is 14.7. The van der Waals surface area contributed by atoms with Crippen molar-refractivity contribution >= 4 is 56.3 Å². The molecule has 3 N–H and O–H groups in total. The number of rotatable bonds is 14. The Kier molecular flexibility index (Phi) is 16.6. The molecule has 2 aromatic heterocycles. The first-order valence-electron chi connectivity index (χ1n) is 27.1. The number of amides is 5. The number of pyridine rings is 1. The van der Waals surface area contributed by atoms with Gasteiger partial charge < -0.3 is 35.6 Å². The topological polar surface area (TPSA) is 214 Å². The summed E-state index contributed by atoms with van der Waals surface area (Å²) < 4.78 is 70.5. The van der Waals surface area contributed by atoms with Gasteiger partial charge in [-0.05, 0) is 122 Å². The molecule has 9 rings (SSSR count). The highest BCUT2D eigenvalue weighted by atomic mass is 32.2. The van der Waals surface area contributed by atoms with Gasteiger partial charge in [0.05, 0.1) is 40.4 Å². The third kappa shape index (κ3) is 11.7. The van der Waals surface area contributed by atoms with E-state index in [0.29, 0.717) is 70.3 Å². The molecule has 3 aromatic rings. The number of carbonyl (C=O) groups excluding carboxylic acids is 5. The molecule has 0 spiro atoms. The standard InChI is InChI=1S/C53H73F3N12O7S/c1-32(2)63(4)38-13-15-45(68-22-18-43(52(68)73)61-48-40-27-36(53(54,55)56)10-14-42(40)58-31-59-48)44(28-38)62-49(70)34-8-11-37(12-9-34)65-23-25-67(26-24-65)76(74,75)39-16-20-66(21-17-39)51(72)33(3)60-50(71)41-29-46(69)64(5)47(41)35-7-6-19-57-30-35/h6-7,10,14,19,27,30-34,37-39,41,43-45,47H,8-9,11-13,15-18,20-26,28-29H2,1-5H3,(H,60,71)(H,62,70)(H,58,59,61)/t33-,34-,37-,38?,41-,43-,44+,45?,47?/m0/s1. The molecule has 6 heterocycles. The van der Waals surface area contributed by atoms with E-state index in [1.54, 1.807) is 46.5 Å². The van der Waals surface area contributed by atoms with E-state index in [1.165, 1.54) is 12.4 Å². The number of nitrogens with one attached hydrogen (secondary N) is 3. The molecule has 6 fully saturated rings. The largest absolute Gasteiger partial charge is 0.416 e. The summed E-state index contributed by atoms with van der Waals surface area (Å²) in [5.74, 6) is -1.79. The molecule has 2 saturated carbocycles. The van der Waals surface area contributed by atoms with Crippen LogP contribution in [-0.4, -0.2) is 189 Å². The Morgan fingerprint density at radius 3 is 2.25 bits per heavy atom. The van der Waals surface area contributed by atoms with Crippen molar-refractivity contribution in [3.63, 3.8) is 0 Å². The number of hydrogen-bond acceptors (Lipinski definition) is 13. The number of halogens is 3. The lowest BCUT2D eigenvalue weighted by atomic mass is 9.82. The van der Waals surface area contributed by atoms with Crippen molar-refractivity contribution in [2.75, 3.05) is 65.2 Å². The highest BCUT2D eigenvalue weighted by Crippen LogP contribution is 2.38. The minimum absolute atomic E-state index is 0.0197. The minimum atomic E-state index is -4.56. The maximum absolute atomic E-state index is 14.2. The minimum Gasteiger partial charge on any atom is -0.358 e. The molecule has 19 nitrogen and oxygen atoms in total. The monoisotopic (exact) mass is 1080 g/mol. The van der Waals surface area contributed by atoms with Crippen LogP contribution in [0.3, 0.4) is 0 Å². The highest BCUT2D eigenvalue weighted by Gasteiger charge is 2.47. The number of piperazine rings is 1. The van der Waals surface area contributed by atoms with E-state index in [0.717, 1.165) is 37.0 Å². The van der Waals surface area contributed by atoms with Crippen molar-refractivity contribution in [3.05, 3.63) is 60.2 Å². The molecule has 7 atom stereocenters. The first-order valence-corrected chi connectivity index (χ1v) is 28.6. The summed E-state index contributed by atoms with van der Waals surface area (Å²) in [6.45, 7) is 8.69.